The van der Waals surface area contributed by atoms with Crippen molar-refractivity contribution in [3.63, 3.8) is 0 Å². The molecular weight excluding hydrogens is 286 g/mol. The summed E-state index contributed by atoms with van der Waals surface area (Å²) in [6.45, 7) is 8.11. The summed E-state index contributed by atoms with van der Waals surface area (Å²) in [7, 11) is 4.11. The molecule has 2 aromatic rings. The van der Waals surface area contributed by atoms with Crippen molar-refractivity contribution in [3.05, 3.63) is 41.7 Å². The Balaban J connectivity index is 2.05. The first-order valence-corrected chi connectivity index (χ1v) is 8.05. The molecular formula is C18H27N5. The molecule has 1 aromatic carbocycles. The summed E-state index contributed by atoms with van der Waals surface area (Å²) in [5, 5.41) is 6.68. The van der Waals surface area contributed by atoms with Gasteiger partial charge in [0, 0.05) is 24.8 Å². The van der Waals surface area contributed by atoms with Crippen LogP contribution in [0.3, 0.4) is 0 Å². The van der Waals surface area contributed by atoms with Crippen molar-refractivity contribution in [1.82, 2.24) is 14.9 Å². The Morgan fingerprint density at radius 1 is 1.04 bits per heavy atom. The average molecular weight is 313 g/mol. The van der Waals surface area contributed by atoms with Crippen LogP contribution in [0.15, 0.2) is 30.3 Å². The van der Waals surface area contributed by atoms with E-state index in [0.717, 1.165) is 36.2 Å². The summed E-state index contributed by atoms with van der Waals surface area (Å²) in [6, 6.07) is 10.4. The lowest BCUT2D eigenvalue weighted by atomic mass is 10.0. The van der Waals surface area contributed by atoms with Gasteiger partial charge in [-0.1, -0.05) is 26.0 Å². The quantitative estimate of drug-likeness (QED) is 0.817. The first-order chi connectivity index (χ1) is 10.9. The molecule has 0 saturated heterocycles. The number of aromatic nitrogens is 2. The van der Waals surface area contributed by atoms with Crippen LogP contribution in [0.4, 0.5) is 17.3 Å². The summed E-state index contributed by atoms with van der Waals surface area (Å²) in [4.78, 5) is 11.0. The zero-order valence-corrected chi connectivity index (χ0v) is 14.7. The summed E-state index contributed by atoms with van der Waals surface area (Å²) in [5.74, 6) is 2.95. The van der Waals surface area contributed by atoms with Gasteiger partial charge in [-0.15, -0.1) is 0 Å². The molecule has 0 aliphatic carbocycles. The summed E-state index contributed by atoms with van der Waals surface area (Å²) in [6.07, 6.45) is 0. The summed E-state index contributed by atoms with van der Waals surface area (Å²) >= 11 is 0. The van der Waals surface area contributed by atoms with Crippen molar-refractivity contribution in [2.75, 3.05) is 37.8 Å². The fraction of sp³-hybridized carbons (Fsp3) is 0.444. The maximum atomic E-state index is 4.46. The largest absolute Gasteiger partial charge is 0.369 e. The fourth-order valence-corrected chi connectivity index (χ4v) is 2.23. The second kappa shape index (κ2) is 7.92. The standard InChI is InChI=1S/C18H27N5/c1-13(2)15-6-8-16(9-7-15)22-18-12-17(20-14(3)21-18)19-10-11-23(4)5/h6-9,12-13H,10-11H2,1-5H3,(H2,19,20,21,22). The molecule has 2 N–H and O–H groups in total. The predicted molar refractivity (Wildman–Crippen MR) is 97.6 cm³/mol. The molecule has 0 radical (unpaired) electrons. The van der Waals surface area contributed by atoms with Crippen molar-refractivity contribution in [2.45, 2.75) is 26.7 Å². The van der Waals surface area contributed by atoms with Gasteiger partial charge in [-0.25, -0.2) is 9.97 Å². The molecule has 0 spiro atoms. The smallest absolute Gasteiger partial charge is 0.136 e. The van der Waals surface area contributed by atoms with E-state index in [0.29, 0.717) is 5.92 Å². The minimum absolute atomic E-state index is 0.540. The monoisotopic (exact) mass is 313 g/mol. The molecule has 23 heavy (non-hydrogen) atoms. The summed E-state index contributed by atoms with van der Waals surface area (Å²) < 4.78 is 0. The minimum Gasteiger partial charge on any atom is -0.369 e. The lowest BCUT2D eigenvalue weighted by Gasteiger charge is -2.13. The fourth-order valence-electron chi connectivity index (χ4n) is 2.23. The van der Waals surface area contributed by atoms with Gasteiger partial charge in [-0.3, -0.25) is 0 Å². The van der Waals surface area contributed by atoms with Crippen molar-refractivity contribution in [2.24, 2.45) is 0 Å². The van der Waals surface area contributed by atoms with Crippen molar-refractivity contribution in [3.8, 4) is 0 Å². The molecule has 0 fully saturated rings. The third kappa shape index (κ3) is 5.53. The van der Waals surface area contributed by atoms with E-state index >= 15 is 0 Å². The third-order valence-corrected chi connectivity index (χ3v) is 3.55. The Kier molecular flexibility index (Phi) is 5.93. The SMILES string of the molecule is Cc1nc(NCCN(C)C)cc(Nc2ccc(C(C)C)cc2)n1. The van der Waals surface area contributed by atoms with E-state index in [1.54, 1.807) is 0 Å². The molecule has 0 bridgehead atoms. The van der Waals surface area contributed by atoms with Crippen LogP contribution >= 0.6 is 0 Å². The van der Waals surface area contributed by atoms with Gasteiger partial charge >= 0.3 is 0 Å². The molecule has 0 amide bonds. The molecule has 0 atom stereocenters. The van der Waals surface area contributed by atoms with E-state index in [1.165, 1.54) is 5.56 Å². The van der Waals surface area contributed by atoms with Crippen molar-refractivity contribution in [1.29, 1.82) is 0 Å². The molecule has 0 aliphatic heterocycles. The molecule has 0 aliphatic rings. The maximum absolute atomic E-state index is 4.46. The molecule has 124 valence electrons. The minimum atomic E-state index is 0.540. The highest BCUT2D eigenvalue weighted by Gasteiger charge is 2.04. The molecule has 1 aromatic heterocycles. The summed E-state index contributed by atoms with van der Waals surface area (Å²) in [5.41, 5.74) is 2.37. The highest BCUT2D eigenvalue weighted by Crippen LogP contribution is 2.20. The van der Waals surface area contributed by atoms with Crippen LogP contribution < -0.4 is 10.6 Å². The van der Waals surface area contributed by atoms with Gasteiger partial charge in [0.1, 0.15) is 17.5 Å². The Bertz CT molecular complexity index is 620. The van der Waals surface area contributed by atoms with Gasteiger partial charge in [-0.05, 0) is 44.6 Å². The van der Waals surface area contributed by atoms with Gasteiger partial charge in [0.15, 0.2) is 0 Å². The van der Waals surface area contributed by atoms with E-state index in [4.69, 9.17) is 0 Å². The van der Waals surface area contributed by atoms with Crippen LogP contribution in [-0.2, 0) is 0 Å². The normalized spacial score (nSPS) is 11.1. The number of hydrogen-bond acceptors (Lipinski definition) is 5. The second-order valence-corrected chi connectivity index (χ2v) is 6.32. The first-order valence-electron chi connectivity index (χ1n) is 8.05. The maximum Gasteiger partial charge on any atom is 0.136 e. The first kappa shape index (κ1) is 17.2. The number of nitrogens with zero attached hydrogens (tertiary/aromatic N) is 3. The number of benzene rings is 1. The molecule has 0 saturated carbocycles. The average Bonchev–Trinajstić information content (AvgIpc) is 2.46. The van der Waals surface area contributed by atoms with Gasteiger partial charge in [0.05, 0.1) is 0 Å². The molecule has 1 heterocycles. The number of rotatable bonds is 7. The Labute approximate surface area is 139 Å². The molecule has 5 heteroatoms. The zero-order valence-electron chi connectivity index (χ0n) is 14.7. The predicted octanol–water partition coefficient (Wildman–Crippen LogP) is 3.63. The van der Waals surface area contributed by atoms with E-state index < -0.39 is 0 Å². The number of hydrogen-bond donors (Lipinski definition) is 2. The Morgan fingerprint density at radius 2 is 1.70 bits per heavy atom. The number of anilines is 3. The van der Waals surface area contributed by atoms with Crippen molar-refractivity contribution >= 4 is 17.3 Å². The van der Waals surface area contributed by atoms with Crippen molar-refractivity contribution < 1.29 is 0 Å². The van der Waals surface area contributed by atoms with E-state index in [-0.39, 0.29) is 0 Å². The van der Waals surface area contributed by atoms with Gasteiger partial charge in [-0.2, -0.15) is 0 Å². The third-order valence-electron chi connectivity index (χ3n) is 3.55. The topological polar surface area (TPSA) is 53.1 Å². The Morgan fingerprint density at radius 3 is 2.30 bits per heavy atom. The highest BCUT2D eigenvalue weighted by molar-refractivity contribution is 5.59. The molecule has 0 unspecified atom stereocenters. The lowest BCUT2D eigenvalue weighted by Crippen LogP contribution is -2.21. The Hall–Kier alpha value is -2.14. The zero-order chi connectivity index (χ0) is 16.8. The van der Waals surface area contributed by atoms with Crippen LogP contribution in [0.1, 0.15) is 31.2 Å². The molecule has 2 rings (SSSR count). The van der Waals surface area contributed by atoms with E-state index in [1.807, 2.05) is 13.0 Å². The van der Waals surface area contributed by atoms with E-state index in [9.17, 15) is 0 Å². The van der Waals surface area contributed by atoms with Gasteiger partial charge < -0.3 is 15.5 Å². The van der Waals surface area contributed by atoms with Crippen LogP contribution in [0.2, 0.25) is 0 Å². The number of likely N-dealkylation sites (N-methyl/N-ethyl adjacent to an activating group) is 1. The van der Waals surface area contributed by atoms with Crippen LogP contribution in [0, 0.1) is 6.92 Å². The van der Waals surface area contributed by atoms with E-state index in [2.05, 4.69) is 77.7 Å². The van der Waals surface area contributed by atoms with Crippen LogP contribution in [0.5, 0.6) is 0 Å². The lowest BCUT2D eigenvalue weighted by molar-refractivity contribution is 0.425. The number of nitrogens with one attached hydrogen (secondary N) is 2. The van der Waals surface area contributed by atoms with Gasteiger partial charge in [0.2, 0.25) is 0 Å². The van der Waals surface area contributed by atoms with Crippen LogP contribution in [0.25, 0.3) is 0 Å². The molecule has 5 nitrogen and oxygen atoms in total. The number of aryl methyl sites for hydroxylation is 1. The van der Waals surface area contributed by atoms with Crippen LogP contribution in [-0.4, -0.2) is 42.1 Å². The highest BCUT2D eigenvalue weighted by atomic mass is 15.1. The van der Waals surface area contributed by atoms with Gasteiger partial charge in [0.25, 0.3) is 0 Å². The second-order valence-electron chi connectivity index (χ2n) is 6.32.